The second-order valence-corrected chi connectivity index (χ2v) is 6.17. The number of amides is 1. The molecule has 118 valence electrons. The number of aromatic nitrogens is 2. The van der Waals surface area contributed by atoms with Crippen LogP contribution in [0, 0.1) is 0 Å². The molecule has 1 unspecified atom stereocenters. The van der Waals surface area contributed by atoms with E-state index >= 15 is 0 Å². The van der Waals surface area contributed by atoms with Crippen molar-refractivity contribution in [2.75, 3.05) is 12.3 Å². The average molecular weight is 312 g/mol. The van der Waals surface area contributed by atoms with Crippen LogP contribution in [0.5, 0.6) is 0 Å². The number of H-pyrrole nitrogens is 1. The molecule has 0 aliphatic carbocycles. The molecule has 1 rings (SSSR count). The summed E-state index contributed by atoms with van der Waals surface area (Å²) < 4.78 is 0. The monoisotopic (exact) mass is 312 g/mol. The Hall–Kier alpha value is -1.34. The summed E-state index contributed by atoms with van der Waals surface area (Å²) in [5, 5.41) is 3.68. The molecule has 1 heterocycles. The van der Waals surface area contributed by atoms with Crippen LogP contribution in [0.1, 0.15) is 39.3 Å². The molecule has 0 aliphatic heterocycles. The molecule has 1 aromatic heterocycles. The van der Waals surface area contributed by atoms with Crippen LogP contribution in [0.2, 0.25) is 0 Å². The van der Waals surface area contributed by atoms with Gasteiger partial charge in [-0.05, 0) is 26.3 Å². The minimum Gasteiger partial charge on any atom is -0.368 e. The summed E-state index contributed by atoms with van der Waals surface area (Å²) in [6, 6.07) is 1.51. The molecule has 1 amide bonds. The van der Waals surface area contributed by atoms with Crippen molar-refractivity contribution < 1.29 is 4.79 Å². The fraction of sp³-hybridized carbons (Fsp3) is 0.643. The summed E-state index contributed by atoms with van der Waals surface area (Å²) in [6.45, 7) is 6.54. The third-order valence-corrected chi connectivity index (χ3v) is 4.27. The highest BCUT2D eigenvalue weighted by molar-refractivity contribution is 7.99. The Morgan fingerprint density at radius 1 is 1.48 bits per heavy atom. The van der Waals surface area contributed by atoms with E-state index in [4.69, 9.17) is 5.73 Å². The number of hydrogen-bond donors (Lipinski definition) is 3. The predicted molar refractivity (Wildman–Crippen MR) is 85.5 cm³/mol. The van der Waals surface area contributed by atoms with Gasteiger partial charge in [0.2, 0.25) is 5.91 Å². The zero-order valence-electron chi connectivity index (χ0n) is 12.9. The van der Waals surface area contributed by atoms with E-state index in [1.807, 2.05) is 13.8 Å². The zero-order chi connectivity index (χ0) is 15.9. The average Bonchev–Trinajstić information content (AvgIpc) is 2.42. The van der Waals surface area contributed by atoms with Crippen LogP contribution in [0.15, 0.2) is 16.0 Å². The van der Waals surface area contributed by atoms with Gasteiger partial charge in [-0.15, -0.1) is 0 Å². The first kappa shape index (κ1) is 17.7. The highest BCUT2D eigenvalue weighted by Gasteiger charge is 2.30. The van der Waals surface area contributed by atoms with Crippen LogP contribution in [0.3, 0.4) is 0 Å². The molecule has 0 saturated heterocycles. The molecule has 0 fully saturated rings. The molecule has 0 aromatic carbocycles. The molecule has 1 atom stereocenters. The summed E-state index contributed by atoms with van der Waals surface area (Å²) in [7, 11) is 0. The van der Waals surface area contributed by atoms with Crippen molar-refractivity contribution in [2.45, 2.75) is 50.7 Å². The molecule has 0 radical (unpaired) electrons. The number of primary amides is 1. The molecule has 0 spiro atoms. The molecular formula is C14H24N4O2S. The van der Waals surface area contributed by atoms with Crippen molar-refractivity contribution in [1.82, 2.24) is 15.3 Å². The number of nitrogens with one attached hydrogen (secondary N) is 2. The van der Waals surface area contributed by atoms with Crippen molar-refractivity contribution in [1.29, 1.82) is 0 Å². The Labute approximate surface area is 129 Å². The van der Waals surface area contributed by atoms with Gasteiger partial charge in [-0.25, -0.2) is 4.98 Å². The molecule has 4 N–H and O–H groups in total. The fourth-order valence-corrected chi connectivity index (χ4v) is 2.78. The topological polar surface area (TPSA) is 101 Å². The number of aryl methyl sites for hydroxylation is 1. The molecule has 7 heteroatoms. The Kier molecular flexibility index (Phi) is 6.91. The lowest BCUT2D eigenvalue weighted by molar-refractivity contribution is -0.122. The lowest BCUT2D eigenvalue weighted by atomic mass is 10.1. The van der Waals surface area contributed by atoms with Gasteiger partial charge < -0.3 is 16.0 Å². The summed E-state index contributed by atoms with van der Waals surface area (Å²) in [5.74, 6) is 0.0106. The number of rotatable bonds is 9. The second kappa shape index (κ2) is 8.19. The normalized spacial score (nSPS) is 13.9. The quantitative estimate of drug-likeness (QED) is 0.467. The lowest BCUT2D eigenvalue weighted by Gasteiger charge is -2.26. The molecule has 21 heavy (non-hydrogen) atoms. The summed E-state index contributed by atoms with van der Waals surface area (Å²) >= 11 is 1.33. The SMILES string of the molecule is CCCNC(C)(CSc1nc(CCC)cc(=O)[nH]1)C(N)=O. The van der Waals surface area contributed by atoms with E-state index in [-0.39, 0.29) is 5.56 Å². The second-order valence-electron chi connectivity index (χ2n) is 5.20. The smallest absolute Gasteiger partial charge is 0.251 e. The number of nitrogens with zero attached hydrogens (tertiary/aromatic N) is 1. The van der Waals surface area contributed by atoms with Crippen molar-refractivity contribution in [2.24, 2.45) is 5.73 Å². The first-order chi connectivity index (χ1) is 9.91. The van der Waals surface area contributed by atoms with Gasteiger partial charge in [0.1, 0.15) is 5.54 Å². The number of hydrogen-bond acceptors (Lipinski definition) is 5. The first-order valence-corrected chi connectivity index (χ1v) is 8.17. The van der Waals surface area contributed by atoms with E-state index < -0.39 is 11.4 Å². The molecule has 1 aromatic rings. The lowest BCUT2D eigenvalue weighted by Crippen LogP contribution is -2.55. The van der Waals surface area contributed by atoms with Gasteiger partial charge in [-0.2, -0.15) is 0 Å². The Balaban J connectivity index is 2.80. The maximum Gasteiger partial charge on any atom is 0.251 e. The van der Waals surface area contributed by atoms with Crippen LogP contribution >= 0.6 is 11.8 Å². The third-order valence-electron chi connectivity index (χ3n) is 3.09. The van der Waals surface area contributed by atoms with Crippen LogP contribution in [-0.4, -0.2) is 33.7 Å². The summed E-state index contributed by atoms with van der Waals surface area (Å²) in [5.41, 5.74) is 5.26. The highest BCUT2D eigenvalue weighted by Crippen LogP contribution is 2.19. The van der Waals surface area contributed by atoms with Crippen LogP contribution in [-0.2, 0) is 11.2 Å². The van der Waals surface area contributed by atoms with Crippen molar-refractivity contribution in [3.63, 3.8) is 0 Å². The largest absolute Gasteiger partial charge is 0.368 e. The molecule has 0 saturated carbocycles. The number of nitrogens with two attached hydrogens (primary N) is 1. The van der Waals surface area contributed by atoms with Crippen LogP contribution in [0.4, 0.5) is 0 Å². The van der Waals surface area contributed by atoms with Crippen molar-refractivity contribution in [3.8, 4) is 0 Å². The molecular weight excluding hydrogens is 288 g/mol. The van der Waals surface area contributed by atoms with E-state index in [0.29, 0.717) is 17.5 Å². The highest BCUT2D eigenvalue weighted by atomic mass is 32.2. The summed E-state index contributed by atoms with van der Waals surface area (Å²) in [6.07, 6.45) is 2.60. The maximum atomic E-state index is 11.6. The van der Waals surface area contributed by atoms with Gasteiger partial charge in [-0.3, -0.25) is 9.59 Å². The van der Waals surface area contributed by atoms with Crippen LogP contribution in [0.25, 0.3) is 0 Å². The standard InChI is InChI=1S/C14H24N4O2S/c1-4-6-10-8-11(19)18-13(17-10)21-9-14(3,12(15)20)16-7-5-2/h8,16H,4-7,9H2,1-3H3,(H2,15,20)(H,17,18,19). The van der Waals surface area contributed by atoms with E-state index in [0.717, 1.165) is 25.0 Å². The van der Waals surface area contributed by atoms with E-state index in [2.05, 4.69) is 15.3 Å². The van der Waals surface area contributed by atoms with Gasteiger partial charge in [0.25, 0.3) is 5.56 Å². The number of aromatic amines is 1. The Bertz CT molecular complexity index is 532. The fourth-order valence-electron chi connectivity index (χ4n) is 1.76. The molecule has 6 nitrogen and oxygen atoms in total. The van der Waals surface area contributed by atoms with Gasteiger partial charge >= 0.3 is 0 Å². The molecule has 0 aliphatic rings. The number of carbonyl (C=O) groups is 1. The number of carbonyl (C=O) groups excluding carboxylic acids is 1. The van der Waals surface area contributed by atoms with Gasteiger partial charge in [0.05, 0.1) is 0 Å². The summed E-state index contributed by atoms with van der Waals surface area (Å²) in [4.78, 5) is 30.3. The minimum absolute atomic E-state index is 0.168. The van der Waals surface area contributed by atoms with Crippen molar-refractivity contribution in [3.05, 3.63) is 22.1 Å². The first-order valence-electron chi connectivity index (χ1n) is 7.19. The Morgan fingerprint density at radius 3 is 2.76 bits per heavy atom. The van der Waals surface area contributed by atoms with Gasteiger partial charge in [0, 0.05) is 17.5 Å². The van der Waals surface area contributed by atoms with E-state index in [1.165, 1.54) is 17.8 Å². The van der Waals surface area contributed by atoms with Crippen molar-refractivity contribution >= 4 is 17.7 Å². The van der Waals surface area contributed by atoms with E-state index in [9.17, 15) is 9.59 Å². The number of thioether (sulfide) groups is 1. The predicted octanol–water partition coefficient (Wildman–Crippen LogP) is 1.06. The third kappa shape index (κ3) is 5.51. The Morgan fingerprint density at radius 2 is 2.19 bits per heavy atom. The molecule has 0 bridgehead atoms. The van der Waals surface area contributed by atoms with Gasteiger partial charge in [-0.1, -0.05) is 32.0 Å². The van der Waals surface area contributed by atoms with Crippen LogP contribution < -0.4 is 16.6 Å². The van der Waals surface area contributed by atoms with E-state index in [1.54, 1.807) is 6.92 Å². The zero-order valence-corrected chi connectivity index (χ0v) is 13.7. The van der Waals surface area contributed by atoms with Gasteiger partial charge in [0.15, 0.2) is 5.16 Å². The minimum atomic E-state index is -0.819. The maximum absolute atomic E-state index is 11.6.